The third kappa shape index (κ3) is 4.92. The standard InChI is InChI=1S/C31H28N4O3S2/c1-21-10-11-22(2)29-28(21)33-31(39-29)35(20-26-9-5-6-17-32-26)30(36)24-12-14-27(15-13-24)40(37,38)34-18-16-23-7-3-4-8-25(23)19-34/h3-15,17H,16,18-20H2,1-2H3. The van der Waals surface area contributed by atoms with Crippen LogP contribution in [0.15, 0.2) is 90.0 Å². The molecule has 0 N–H and O–H groups in total. The van der Waals surface area contributed by atoms with E-state index in [0.29, 0.717) is 30.2 Å². The maximum absolute atomic E-state index is 13.9. The van der Waals surface area contributed by atoms with E-state index in [9.17, 15) is 13.2 Å². The average molecular weight is 569 g/mol. The Morgan fingerprint density at radius 1 is 0.925 bits per heavy atom. The highest BCUT2D eigenvalue weighted by atomic mass is 32.2. The molecule has 0 atom stereocenters. The summed E-state index contributed by atoms with van der Waals surface area (Å²) in [6, 6.07) is 23.8. The van der Waals surface area contributed by atoms with Crippen LogP contribution in [0.3, 0.4) is 0 Å². The average Bonchev–Trinajstić information content (AvgIpc) is 3.44. The number of benzene rings is 3. The molecule has 40 heavy (non-hydrogen) atoms. The van der Waals surface area contributed by atoms with Gasteiger partial charge in [-0.1, -0.05) is 53.8 Å². The van der Waals surface area contributed by atoms with Gasteiger partial charge in [0.2, 0.25) is 10.0 Å². The topological polar surface area (TPSA) is 83.5 Å². The van der Waals surface area contributed by atoms with E-state index in [2.05, 4.69) is 11.1 Å². The van der Waals surface area contributed by atoms with Gasteiger partial charge in [-0.15, -0.1) is 0 Å². The van der Waals surface area contributed by atoms with Crippen molar-refractivity contribution in [1.82, 2.24) is 14.3 Å². The van der Waals surface area contributed by atoms with Gasteiger partial charge in [-0.25, -0.2) is 13.4 Å². The molecule has 0 fully saturated rings. The molecular weight excluding hydrogens is 541 g/mol. The van der Waals surface area contributed by atoms with Crippen LogP contribution in [0.4, 0.5) is 5.13 Å². The van der Waals surface area contributed by atoms with Crippen molar-refractivity contribution in [1.29, 1.82) is 0 Å². The van der Waals surface area contributed by atoms with Crippen molar-refractivity contribution in [3.63, 3.8) is 0 Å². The Hall–Kier alpha value is -3.92. The molecule has 9 heteroatoms. The van der Waals surface area contributed by atoms with E-state index in [1.165, 1.54) is 33.3 Å². The van der Waals surface area contributed by atoms with Crippen molar-refractivity contribution in [2.75, 3.05) is 11.4 Å². The largest absolute Gasteiger partial charge is 0.278 e. The Labute approximate surface area is 237 Å². The number of hydrogen-bond acceptors (Lipinski definition) is 6. The minimum atomic E-state index is -3.71. The predicted octanol–water partition coefficient (Wildman–Crippen LogP) is 5.90. The third-order valence-corrected chi connectivity index (χ3v) is 10.4. The zero-order valence-electron chi connectivity index (χ0n) is 22.2. The number of rotatable bonds is 6. The molecule has 1 amide bonds. The maximum atomic E-state index is 13.9. The first-order valence-electron chi connectivity index (χ1n) is 13.1. The summed E-state index contributed by atoms with van der Waals surface area (Å²) >= 11 is 1.47. The van der Waals surface area contributed by atoms with Crippen molar-refractivity contribution in [3.05, 3.63) is 119 Å². The molecule has 0 spiro atoms. The first-order valence-corrected chi connectivity index (χ1v) is 15.3. The highest BCUT2D eigenvalue weighted by Gasteiger charge is 2.29. The number of carbonyl (C=O) groups excluding carboxylic acids is 1. The van der Waals surface area contributed by atoms with E-state index in [4.69, 9.17) is 4.98 Å². The summed E-state index contributed by atoms with van der Waals surface area (Å²) in [5.74, 6) is -0.268. The molecular formula is C31H28N4O3S2. The molecule has 7 nitrogen and oxygen atoms in total. The van der Waals surface area contributed by atoms with Crippen LogP contribution < -0.4 is 4.90 Å². The quantitative estimate of drug-likeness (QED) is 0.255. The minimum Gasteiger partial charge on any atom is -0.278 e. The molecule has 3 heterocycles. The van der Waals surface area contributed by atoms with E-state index in [1.807, 2.05) is 62.4 Å². The van der Waals surface area contributed by atoms with Crippen LogP contribution in [0.2, 0.25) is 0 Å². The molecule has 0 radical (unpaired) electrons. The Morgan fingerprint density at radius 2 is 1.65 bits per heavy atom. The van der Waals surface area contributed by atoms with E-state index in [-0.39, 0.29) is 17.3 Å². The zero-order valence-corrected chi connectivity index (χ0v) is 23.9. The fraction of sp³-hybridized carbons (Fsp3) is 0.194. The first-order chi connectivity index (χ1) is 19.3. The number of aromatic nitrogens is 2. The number of hydrogen-bond donors (Lipinski definition) is 0. The summed E-state index contributed by atoms with van der Waals surface area (Å²) in [6.07, 6.45) is 2.37. The highest BCUT2D eigenvalue weighted by Crippen LogP contribution is 2.34. The SMILES string of the molecule is Cc1ccc(C)c2sc(N(Cc3ccccn3)C(=O)c3ccc(S(=O)(=O)N4CCc5ccccc5C4)cc3)nc12. The fourth-order valence-electron chi connectivity index (χ4n) is 4.99. The van der Waals surface area contributed by atoms with Gasteiger partial charge in [-0.3, -0.25) is 14.7 Å². The monoisotopic (exact) mass is 568 g/mol. The van der Waals surface area contributed by atoms with Gasteiger partial charge in [0.25, 0.3) is 5.91 Å². The lowest BCUT2D eigenvalue weighted by Gasteiger charge is -2.28. The van der Waals surface area contributed by atoms with Crippen molar-refractivity contribution in [2.45, 2.75) is 38.3 Å². The Balaban J connectivity index is 1.31. The van der Waals surface area contributed by atoms with Gasteiger partial charge in [0.1, 0.15) is 0 Å². The van der Waals surface area contributed by atoms with Crippen LogP contribution in [0.25, 0.3) is 10.2 Å². The molecule has 5 aromatic rings. The number of thiazole rings is 1. The number of anilines is 1. The maximum Gasteiger partial charge on any atom is 0.260 e. The van der Waals surface area contributed by atoms with Crippen LogP contribution in [-0.4, -0.2) is 35.1 Å². The molecule has 0 saturated carbocycles. The summed E-state index contributed by atoms with van der Waals surface area (Å²) in [4.78, 5) is 25.0. The molecule has 3 aromatic carbocycles. The van der Waals surface area contributed by atoms with Gasteiger partial charge >= 0.3 is 0 Å². The molecule has 1 aliphatic rings. The molecule has 0 aliphatic carbocycles. The van der Waals surface area contributed by atoms with Crippen LogP contribution in [-0.2, 0) is 29.5 Å². The van der Waals surface area contributed by atoms with E-state index in [1.54, 1.807) is 23.2 Å². The second kappa shape index (κ2) is 10.6. The van der Waals surface area contributed by atoms with E-state index >= 15 is 0 Å². The lowest BCUT2D eigenvalue weighted by Crippen LogP contribution is -2.36. The number of carbonyl (C=O) groups is 1. The van der Waals surface area contributed by atoms with Crippen LogP contribution >= 0.6 is 11.3 Å². The van der Waals surface area contributed by atoms with Gasteiger partial charge in [0.05, 0.1) is 27.4 Å². The Morgan fingerprint density at radius 3 is 2.38 bits per heavy atom. The van der Waals surface area contributed by atoms with Crippen molar-refractivity contribution in [3.8, 4) is 0 Å². The second-order valence-corrected chi connectivity index (χ2v) is 12.9. The molecule has 202 valence electrons. The Kier molecular flexibility index (Phi) is 6.95. The van der Waals surface area contributed by atoms with Gasteiger partial charge in [0.15, 0.2) is 5.13 Å². The fourth-order valence-corrected chi connectivity index (χ4v) is 7.52. The number of sulfonamides is 1. The summed E-state index contributed by atoms with van der Waals surface area (Å²) in [6.45, 7) is 5.05. The third-order valence-electron chi connectivity index (χ3n) is 7.29. The number of nitrogens with zero attached hydrogens (tertiary/aromatic N) is 4. The predicted molar refractivity (Wildman–Crippen MR) is 158 cm³/mol. The summed E-state index contributed by atoms with van der Waals surface area (Å²) in [7, 11) is -3.71. The smallest absolute Gasteiger partial charge is 0.260 e. The van der Waals surface area contributed by atoms with E-state index < -0.39 is 10.0 Å². The number of aryl methyl sites for hydroxylation is 2. The van der Waals surface area contributed by atoms with Crippen LogP contribution in [0.5, 0.6) is 0 Å². The second-order valence-electron chi connectivity index (χ2n) is 9.97. The molecule has 1 aliphatic heterocycles. The molecule has 0 saturated heterocycles. The lowest BCUT2D eigenvalue weighted by molar-refractivity contribution is 0.0984. The van der Waals surface area contributed by atoms with Gasteiger partial charge in [0, 0.05) is 24.8 Å². The summed E-state index contributed by atoms with van der Waals surface area (Å²) in [5.41, 5.74) is 6.34. The number of fused-ring (bicyclic) bond motifs is 2. The summed E-state index contributed by atoms with van der Waals surface area (Å²) < 4.78 is 29.4. The van der Waals surface area contributed by atoms with Gasteiger partial charge in [-0.2, -0.15) is 4.31 Å². The van der Waals surface area contributed by atoms with Crippen LogP contribution in [0.1, 0.15) is 38.3 Å². The zero-order chi connectivity index (χ0) is 27.9. The van der Waals surface area contributed by atoms with Crippen molar-refractivity contribution < 1.29 is 13.2 Å². The molecule has 0 unspecified atom stereocenters. The number of amides is 1. The number of pyridine rings is 1. The van der Waals surface area contributed by atoms with E-state index in [0.717, 1.165) is 32.6 Å². The Bertz CT molecular complexity index is 1780. The van der Waals surface area contributed by atoms with Crippen molar-refractivity contribution in [2.24, 2.45) is 0 Å². The van der Waals surface area contributed by atoms with Gasteiger partial charge < -0.3 is 0 Å². The van der Waals surface area contributed by atoms with Gasteiger partial charge in [-0.05, 0) is 78.9 Å². The van der Waals surface area contributed by atoms with Crippen LogP contribution in [0, 0.1) is 13.8 Å². The minimum absolute atomic E-state index is 0.172. The first kappa shape index (κ1) is 26.3. The van der Waals surface area contributed by atoms with Crippen molar-refractivity contribution >= 4 is 42.6 Å². The molecule has 0 bridgehead atoms. The molecule has 6 rings (SSSR count). The lowest BCUT2D eigenvalue weighted by atomic mass is 10.0. The normalized spacial score (nSPS) is 13.8. The highest BCUT2D eigenvalue weighted by molar-refractivity contribution is 7.89. The summed E-state index contributed by atoms with van der Waals surface area (Å²) in [5, 5.41) is 0.576. The molecule has 2 aromatic heterocycles.